The molecule has 3 unspecified atom stereocenters. The molecule has 1 aliphatic carbocycles. The van der Waals surface area contributed by atoms with Crippen molar-refractivity contribution in [2.45, 2.75) is 111 Å². The summed E-state index contributed by atoms with van der Waals surface area (Å²) in [5.41, 5.74) is -0.702. The van der Waals surface area contributed by atoms with Crippen LogP contribution in [0.2, 0.25) is 0 Å². The molecule has 0 saturated heterocycles. The lowest BCUT2D eigenvalue weighted by Gasteiger charge is -2.43. The first-order valence-corrected chi connectivity index (χ1v) is 11.3. The molecule has 0 aliphatic heterocycles. The normalized spacial score (nSPS) is 25.6. The summed E-state index contributed by atoms with van der Waals surface area (Å²) in [5.74, 6) is -1.14. The number of carboxylic acid groups (broad SMARTS) is 2. The number of rotatable bonds is 14. The molecule has 2 N–H and O–H groups in total. The van der Waals surface area contributed by atoms with Gasteiger partial charge in [0.2, 0.25) is 0 Å². The maximum absolute atomic E-state index is 12.3. The van der Waals surface area contributed by atoms with Crippen molar-refractivity contribution in [1.82, 2.24) is 0 Å². The lowest BCUT2D eigenvalue weighted by molar-refractivity contribution is -0.161. The van der Waals surface area contributed by atoms with Gasteiger partial charge in [0.25, 0.3) is 0 Å². The first-order chi connectivity index (χ1) is 12.8. The van der Waals surface area contributed by atoms with Gasteiger partial charge in [-0.25, -0.2) is 0 Å². The molecule has 1 saturated carbocycles. The molecule has 0 aromatic rings. The molecule has 0 aromatic heterocycles. The van der Waals surface area contributed by atoms with Gasteiger partial charge < -0.3 is 10.2 Å². The largest absolute Gasteiger partial charge is 0.481 e. The van der Waals surface area contributed by atoms with Crippen LogP contribution in [0.25, 0.3) is 0 Å². The Morgan fingerprint density at radius 2 is 1.67 bits per heavy atom. The first-order valence-electron chi connectivity index (χ1n) is 11.3. The minimum absolute atomic E-state index is 0.00933. The van der Waals surface area contributed by atoms with Gasteiger partial charge in [-0.2, -0.15) is 0 Å². The van der Waals surface area contributed by atoms with Gasteiger partial charge in [-0.3, -0.25) is 9.59 Å². The molecule has 0 spiro atoms. The molecule has 0 heterocycles. The number of hydrogen-bond donors (Lipinski definition) is 2. The molecule has 4 nitrogen and oxygen atoms in total. The molecule has 0 aromatic carbocycles. The van der Waals surface area contributed by atoms with E-state index in [1.807, 2.05) is 0 Å². The third kappa shape index (κ3) is 7.83. The molecular formula is C23H42O4. The van der Waals surface area contributed by atoms with Crippen molar-refractivity contribution in [3.63, 3.8) is 0 Å². The Kier molecular flexibility index (Phi) is 11.0. The predicted octanol–water partition coefficient (Wildman–Crippen LogP) is 6.53. The first kappa shape index (κ1) is 24.0. The zero-order valence-corrected chi connectivity index (χ0v) is 17.8. The maximum atomic E-state index is 12.3. The van der Waals surface area contributed by atoms with Gasteiger partial charge >= 0.3 is 11.9 Å². The summed E-state index contributed by atoms with van der Waals surface area (Å²) in [6, 6.07) is 0. The van der Waals surface area contributed by atoms with Gasteiger partial charge in [-0.05, 0) is 43.9 Å². The number of carboxylic acids is 2. The number of hydrogen-bond acceptors (Lipinski definition) is 2. The van der Waals surface area contributed by atoms with Gasteiger partial charge in [0.15, 0.2) is 0 Å². The highest BCUT2D eigenvalue weighted by atomic mass is 16.4. The van der Waals surface area contributed by atoms with E-state index in [-0.39, 0.29) is 11.8 Å². The zero-order valence-electron chi connectivity index (χ0n) is 17.8. The Morgan fingerprint density at radius 3 is 2.26 bits per heavy atom. The number of unbranched alkanes of at least 4 members (excludes halogenated alkanes) is 6. The van der Waals surface area contributed by atoms with Crippen LogP contribution in [0.3, 0.4) is 0 Å². The van der Waals surface area contributed by atoms with E-state index in [1.54, 1.807) is 0 Å². The average Bonchev–Trinajstić information content (AvgIpc) is 2.61. The fourth-order valence-electron chi connectivity index (χ4n) is 4.82. The maximum Gasteiger partial charge on any atom is 0.309 e. The molecule has 1 fully saturated rings. The van der Waals surface area contributed by atoms with Crippen LogP contribution in [0, 0.1) is 23.2 Å². The monoisotopic (exact) mass is 382 g/mol. The van der Waals surface area contributed by atoms with Gasteiger partial charge in [-0.15, -0.1) is 0 Å². The highest BCUT2D eigenvalue weighted by molar-refractivity contribution is 5.76. The molecule has 0 radical (unpaired) electrons. The van der Waals surface area contributed by atoms with E-state index in [2.05, 4.69) is 20.8 Å². The summed E-state index contributed by atoms with van der Waals surface area (Å²) in [5, 5.41) is 19.6. The van der Waals surface area contributed by atoms with Crippen LogP contribution in [-0.4, -0.2) is 22.2 Å². The summed E-state index contributed by atoms with van der Waals surface area (Å²) < 4.78 is 0. The summed E-state index contributed by atoms with van der Waals surface area (Å²) in [6.07, 6.45) is 13.4. The molecule has 4 heteroatoms. The van der Waals surface area contributed by atoms with E-state index in [4.69, 9.17) is 0 Å². The van der Waals surface area contributed by atoms with Crippen LogP contribution in [-0.2, 0) is 9.59 Å². The fraction of sp³-hybridized carbons (Fsp3) is 0.913. The minimum atomic E-state index is -0.748. The fourth-order valence-corrected chi connectivity index (χ4v) is 4.82. The van der Waals surface area contributed by atoms with Crippen molar-refractivity contribution in [2.75, 3.05) is 0 Å². The molecule has 0 bridgehead atoms. The summed E-state index contributed by atoms with van der Waals surface area (Å²) >= 11 is 0. The van der Waals surface area contributed by atoms with Crippen molar-refractivity contribution >= 4 is 11.9 Å². The van der Waals surface area contributed by atoms with Crippen LogP contribution in [0.1, 0.15) is 111 Å². The van der Waals surface area contributed by atoms with Crippen molar-refractivity contribution in [1.29, 1.82) is 0 Å². The van der Waals surface area contributed by atoms with Gasteiger partial charge in [0.05, 0.1) is 11.3 Å². The second-order valence-corrected chi connectivity index (χ2v) is 9.16. The zero-order chi connectivity index (χ0) is 20.3. The molecule has 3 atom stereocenters. The highest BCUT2D eigenvalue weighted by Gasteiger charge is 2.49. The van der Waals surface area contributed by atoms with Gasteiger partial charge in [-0.1, -0.05) is 78.6 Å². The standard InChI is InChI=1S/C23H42O4/c1-4-5-6-7-8-9-13-20-17-19(21(24)25)14-16-23(20,22(26)27)15-11-10-12-18(2)3/h18-20H,4-17H2,1-3H3,(H,24,25)(H,26,27). The Labute approximate surface area is 166 Å². The van der Waals surface area contributed by atoms with Crippen LogP contribution in [0.4, 0.5) is 0 Å². The van der Waals surface area contributed by atoms with Crippen LogP contribution in [0.15, 0.2) is 0 Å². The van der Waals surface area contributed by atoms with Gasteiger partial charge in [0, 0.05) is 0 Å². The van der Waals surface area contributed by atoms with E-state index >= 15 is 0 Å². The Morgan fingerprint density at radius 1 is 1.00 bits per heavy atom. The van der Waals surface area contributed by atoms with Crippen molar-refractivity contribution in [3.8, 4) is 0 Å². The van der Waals surface area contributed by atoms with E-state index in [1.165, 1.54) is 25.7 Å². The second-order valence-electron chi connectivity index (χ2n) is 9.16. The van der Waals surface area contributed by atoms with E-state index in [0.717, 1.165) is 38.5 Å². The van der Waals surface area contributed by atoms with E-state index in [9.17, 15) is 19.8 Å². The summed E-state index contributed by atoms with van der Waals surface area (Å²) in [7, 11) is 0. The predicted molar refractivity (Wildman–Crippen MR) is 110 cm³/mol. The van der Waals surface area contributed by atoms with Crippen molar-refractivity contribution in [2.24, 2.45) is 23.2 Å². The minimum Gasteiger partial charge on any atom is -0.481 e. The van der Waals surface area contributed by atoms with E-state index in [0.29, 0.717) is 31.6 Å². The molecule has 1 rings (SSSR count). The topological polar surface area (TPSA) is 74.6 Å². The average molecular weight is 383 g/mol. The Hall–Kier alpha value is -1.06. The van der Waals surface area contributed by atoms with Gasteiger partial charge in [0.1, 0.15) is 0 Å². The second kappa shape index (κ2) is 12.4. The lowest BCUT2D eigenvalue weighted by Crippen LogP contribution is -2.44. The SMILES string of the molecule is CCCCCCCCC1CC(C(=O)O)CCC1(CCCCC(C)C)C(=O)O. The Bertz CT molecular complexity index is 446. The van der Waals surface area contributed by atoms with Crippen molar-refractivity contribution < 1.29 is 19.8 Å². The molecule has 0 amide bonds. The van der Waals surface area contributed by atoms with Crippen LogP contribution < -0.4 is 0 Å². The van der Waals surface area contributed by atoms with Crippen molar-refractivity contribution in [3.05, 3.63) is 0 Å². The highest BCUT2D eigenvalue weighted by Crippen LogP contribution is 2.49. The summed E-state index contributed by atoms with van der Waals surface area (Å²) in [6.45, 7) is 6.60. The molecule has 1 aliphatic rings. The molecule has 158 valence electrons. The number of aliphatic carboxylic acids is 2. The number of carbonyl (C=O) groups is 2. The third-order valence-corrected chi connectivity index (χ3v) is 6.63. The smallest absolute Gasteiger partial charge is 0.309 e. The molecular weight excluding hydrogens is 340 g/mol. The van der Waals surface area contributed by atoms with Crippen LogP contribution in [0.5, 0.6) is 0 Å². The van der Waals surface area contributed by atoms with Crippen LogP contribution >= 0.6 is 0 Å². The van der Waals surface area contributed by atoms with E-state index < -0.39 is 17.4 Å². The quantitative estimate of drug-likeness (QED) is 0.335. The molecule has 27 heavy (non-hydrogen) atoms. The Balaban J connectivity index is 2.72. The lowest BCUT2D eigenvalue weighted by atomic mass is 9.59. The summed E-state index contributed by atoms with van der Waals surface area (Å²) in [4.78, 5) is 23.8. The third-order valence-electron chi connectivity index (χ3n) is 6.63.